The van der Waals surface area contributed by atoms with Gasteiger partial charge in [0.1, 0.15) is 5.82 Å². The van der Waals surface area contributed by atoms with Crippen molar-refractivity contribution in [3.8, 4) is 0 Å². The zero-order chi connectivity index (χ0) is 19.8. The second-order valence-electron chi connectivity index (χ2n) is 6.33. The molecule has 0 aromatic heterocycles. The molecule has 0 aliphatic heterocycles. The average molecular weight is 389 g/mol. The molecule has 0 aliphatic carbocycles. The average Bonchev–Trinajstić information content (AvgIpc) is 2.67. The largest absolute Gasteiger partial charge is 0.349 e. The summed E-state index contributed by atoms with van der Waals surface area (Å²) in [6.07, 6.45) is 0.981. The Morgan fingerprint density at radius 2 is 1.67 bits per heavy atom. The topological polar surface area (TPSA) is 58.2 Å². The molecule has 27 heavy (non-hydrogen) atoms. The third-order valence-electron chi connectivity index (χ3n) is 4.21. The third-order valence-corrected chi connectivity index (χ3v) is 5.35. The van der Waals surface area contributed by atoms with Gasteiger partial charge in [0.25, 0.3) is 0 Å². The van der Waals surface area contributed by atoms with Gasteiger partial charge in [-0.1, -0.05) is 31.2 Å². The van der Waals surface area contributed by atoms with Crippen LogP contribution in [0.4, 0.5) is 10.1 Å². The molecule has 2 N–H and O–H groups in total. The SMILES string of the molecule is CCc1ccc(C(C)NC(=O)C(C)SCC(=O)Nc2ccc(F)cc2)cc1. The van der Waals surface area contributed by atoms with Gasteiger partial charge in [0, 0.05) is 5.69 Å². The maximum Gasteiger partial charge on any atom is 0.234 e. The van der Waals surface area contributed by atoms with E-state index < -0.39 is 0 Å². The molecule has 4 nitrogen and oxygen atoms in total. The molecule has 0 aliphatic rings. The van der Waals surface area contributed by atoms with Gasteiger partial charge in [-0.3, -0.25) is 9.59 Å². The van der Waals surface area contributed by atoms with Gasteiger partial charge in [-0.25, -0.2) is 4.39 Å². The molecule has 2 amide bonds. The van der Waals surface area contributed by atoms with Gasteiger partial charge in [0.2, 0.25) is 11.8 Å². The molecule has 2 unspecified atom stereocenters. The van der Waals surface area contributed by atoms with Crippen molar-refractivity contribution in [1.29, 1.82) is 0 Å². The summed E-state index contributed by atoms with van der Waals surface area (Å²) in [5.41, 5.74) is 2.84. The third kappa shape index (κ3) is 6.71. The van der Waals surface area contributed by atoms with Gasteiger partial charge in [-0.05, 0) is 55.7 Å². The highest BCUT2D eigenvalue weighted by molar-refractivity contribution is 8.01. The van der Waals surface area contributed by atoms with Crippen molar-refractivity contribution in [2.45, 2.75) is 38.5 Å². The van der Waals surface area contributed by atoms with Gasteiger partial charge in [0.05, 0.1) is 17.0 Å². The fraction of sp³-hybridized carbons (Fsp3) is 0.333. The molecule has 0 bridgehead atoms. The predicted octanol–water partition coefficient (Wildman–Crippen LogP) is 4.33. The Morgan fingerprint density at radius 3 is 2.26 bits per heavy atom. The van der Waals surface area contributed by atoms with Crippen LogP contribution in [-0.4, -0.2) is 22.8 Å². The molecule has 6 heteroatoms. The van der Waals surface area contributed by atoms with Gasteiger partial charge < -0.3 is 10.6 Å². The zero-order valence-corrected chi connectivity index (χ0v) is 16.6. The first-order chi connectivity index (χ1) is 12.9. The Bertz CT molecular complexity index is 763. The summed E-state index contributed by atoms with van der Waals surface area (Å²) in [6.45, 7) is 5.82. The van der Waals surface area contributed by atoms with Crippen molar-refractivity contribution >= 4 is 29.3 Å². The highest BCUT2D eigenvalue weighted by Gasteiger charge is 2.18. The fourth-order valence-electron chi connectivity index (χ4n) is 2.46. The van der Waals surface area contributed by atoms with Crippen LogP contribution in [0.3, 0.4) is 0 Å². The normalized spacial score (nSPS) is 12.9. The van der Waals surface area contributed by atoms with Crippen LogP contribution in [0.25, 0.3) is 0 Å². The quantitative estimate of drug-likeness (QED) is 0.708. The van der Waals surface area contributed by atoms with E-state index in [-0.39, 0.29) is 34.7 Å². The number of hydrogen-bond donors (Lipinski definition) is 2. The summed E-state index contributed by atoms with van der Waals surface area (Å²) < 4.78 is 12.9. The number of aryl methyl sites for hydroxylation is 1. The Morgan fingerprint density at radius 1 is 1.04 bits per heavy atom. The van der Waals surface area contributed by atoms with E-state index in [9.17, 15) is 14.0 Å². The summed E-state index contributed by atoms with van der Waals surface area (Å²) in [7, 11) is 0. The summed E-state index contributed by atoms with van der Waals surface area (Å²) in [5.74, 6) is -0.548. The Kier molecular flexibility index (Phi) is 7.85. The monoisotopic (exact) mass is 388 g/mol. The molecule has 0 heterocycles. The van der Waals surface area contributed by atoms with Crippen molar-refractivity contribution < 1.29 is 14.0 Å². The number of nitrogens with one attached hydrogen (secondary N) is 2. The number of carbonyl (C=O) groups is 2. The van der Waals surface area contributed by atoms with Crippen LogP contribution >= 0.6 is 11.8 Å². The van der Waals surface area contributed by atoms with E-state index >= 15 is 0 Å². The Labute approximate surface area is 163 Å². The molecular weight excluding hydrogens is 363 g/mol. The number of amides is 2. The van der Waals surface area contributed by atoms with E-state index in [0.29, 0.717) is 5.69 Å². The maximum absolute atomic E-state index is 12.9. The smallest absolute Gasteiger partial charge is 0.234 e. The summed E-state index contributed by atoms with van der Waals surface area (Å²) in [5, 5.41) is 5.30. The van der Waals surface area contributed by atoms with Gasteiger partial charge in [-0.15, -0.1) is 11.8 Å². The molecule has 0 radical (unpaired) electrons. The lowest BCUT2D eigenvalue weighted by Gasteiger charge is -2.18. The fourth-order valence-corrected chi connectivity index (χ4v) is 3.16. The van der Waals surface area contributed by atoms with Crippen molar-refractivity contribution in [3.63, 3.8) is 0 Å². The number of carbonyl (C=O) groups excluding carboxylic acids is 2. The van der Waals surface area contributed by atoms with Crippen LogP contribution in [0.2, 0.25) is 0 Å². The van der Waals surface area contributed by atoms with Gasteiger partial charge in [-0.2, -0.15) is 0 Å². The predicted molar refractivity (Wildman–Crippen MR) is 109 cm³/mol. The lowest BCUT2D eigenvalue weighted by Crippen LogP contribution is -2.33. The highest BCUT2D eigenvalue weighted by atomic mass is 32.2. The molecule has 0 spiro atoms. The van der Waals surface area contributed by atoms with Gasteiger partial charge >= 0.3 is 0 Å². The number of anilines is 1. The molecular formula is C21H25FN2O2S. The first-order valence-electron chi connectivity index (χ1n) is 8.95. The van der Waals surface area contributed by atoms with Crippen LogP contribution in [-0.2, 0) is 16.0 Å². The van der Waals surface area contributed by atoms with E-state index in [2.05, 4.69) is 29.7 Å². The van der Waals surface area contributed by atoms with Crippen molar-refractivity contribution in [2.75, 3.05) is 11.1 Å². The van der Waals surface area contributed by atoms with Crippen LogP contribution in [0, 0.1) is 5.82 Å². The minimum atomic E-state index is -0.360. The summed E-state index contributed by atoms with van der Waals surface area (Å²) in [6, 6.07) is 13.7. The molecule has 144 valence electrons. The number of halogens is 1. The van der Waals surface area contributed by atoms with Crippen LogP contribution in [0.1, 0.15) is 37.9 Å². The molecule has 0 saturated heterocycles. The van der Waals surface area contributed by atoms with Crippen LogP contribution in [0.5, 0.6) is 0 Å². The standard InChI is InChI=1S/C21H25FN2O2S/c1-4-16-5-7-17(8-6-16)14(2)23-21(26)15(3)27-13-20(25)24-19-11-9-18(22)10-12-19/h5-12,14-15H,4,13H2,1-3H3,(H,23,26)(H,24,25). The second kappa shape index (κ2) is 10.1. The molecule has 2 atom stereocenters. The van der Waals surface area contributed by atoms with Crippen molar-refractivity contribution in [1.82, 2.24) is 5.32 Å². The van der Waals surface area contributed by atoms with Crippen molar-refractivity contribution in [3.05, 3.63) is 65.5 Å². The number of rotatable bonds is 8. The lowest BCUT2D eigenvalue weighted by atomic mass is 10.0. The minimum Gasteiger partial charge on any atom is -0.349 e. The lowest BCUT2D eigenvalue weighted by molar-refractivity contribution is -0.120. The Balaban J connectivity index is 1.78. The first kappa shape index (κ1) is 21.0. The van der Waals surface area contributed by atoms with Crippen molar-refractivity contribution in [2.24, 2.45) is 0 Å². The number of benzene rings is 2. The molecule has 2 aromatic carbocycles. The number of hydrogen-bond acceptors (Lipinski definition) is 3. The minimum absolute atomic E-state index is 0.0977. The van der Waals surface area contributed by atoms with Crippen LogP contribution < -0.4 is 10.6 Å². The van der Waals surface area contributed by atoms with Gasteiger partial charge in [0.15, 0.2) is 0 Å². The summed E-state index contributed by atoms with van der Waals surface area (Å²) in [4.78, 5) is 24.3. The summed E-state index contributed by atoms with van der Waals surface area (Å²) >= 11 is 1.26. The number of thioether (sulfide) groups is 1. The zero-order valence-electron chi connectivity index (χ0n) is 15.8. The first-order valence-corrected chi connectivity index (χ1v) is 10.00. The van der Waals surface area contributed by atoms with E-state index in [1.54, 1.807) is 6.92 Å². The Hall–Kier alpha value is -2.34. The molecule has 2 aromatic rings. The highest BCUT2D eigenvalue weighted by Crippen LogP contribution is 2.17. The van der Waals surface area contributed by atoms with E-state index in [1.165, 1.54) is 41.6 Å². The second-order valence-corrected chi connectivity index (χ2v) is 7.66. The maximum atomic E-state index is 12.9. The van der Waals surface area contributed by atoms with E-state index in [0.717, 1.165) is 12.0 Å². The van der Waals surface area contributed by atoms with E-state index in [1.807, 2.05) is 19.1 Å². The molecule has 0 saturated carbocycles. The van der Waals surface area contributed by atoms with E-state index in [4.69, 9.17) is 0 Å². The molecule has 2 rings (SSSR count). The van der Waals surface area contributed by atoms with Crippen LogP contribution in [0.15, 0.2) is 48.5 Å². The molecule has 0 fully saturated rings.